The predicted octanol–water partition coefficient (Wildman–Crippen LogP) is 2.24. The lowest BCUT2D eigenvalue weighted by molar-refractivity contribution is -0.137. The molecule has 1 atom stereocenters. The number of carboxylic acid groups (broad SMARTS) is 1. The number of imidazole rings is 2. The number of aryl methyl sites for hydroxylation is 1. The van der Waals surface area contributed by atoms with Crippen molar-refractivity contribution in [1.29, 1.82) is 0 Å². The highest BCUT2D eigenvalue weighted by molar-refractivity contribution is 14.1. The van der Waals surface area contributed by atoms with Gasteiger partial charge < -0.3 is 29.2 Å². The van der Waals surface area contributed by atoms with E-state index in [2.05, 4.69) is 37.5 Å². The summed E-state index contributed by atoms with van der Waals surface area (Å²) in [5, 5.41) is 9.41. The maximum Gasteiger partial charge on any atom is 0.407 e. The molecule has 1 aliphatic rings. The van der Waals surface area contributed by atoms with Crippen molar-refractivity contribution in [3.05, 3.63) is 39.7 Å². The number of nitrogens with one attached hydrogen (secondary N) is 1. The molecule has 4 rings (SSSR count). The molecule has 10 nitrogen and oxygen atoms in total. The molecule has 0 spiro atoms. The quantitative estimate of drug-likeness (QED) is 0.506. The molecule has 2 aromatic heterocycles. The van der Waals surface area contributed by atoms with E-state index in [9.17, 15) is 14.7 Å². The summed E-state index contributed by atoms with van der Waals surface area (Å²) in [7, 11) is 1.59. The monoisotopic (exact) mass is 524 g/mol. The van der Waals surface area contributed by atoms with Gasteiger partial charge in [0.1, 0.15) is 30.0 Å². The fourth-order valence-corrected chi connectivity index (χ4v) is 4.16. The summed E-state index contributed by atoms with van der Waals surface area (Å²) in [5.74, 6) is 1.86. The van der Waals surface area contributed by atoms with E-state index in [0.29, 0.717) is 18.1 Å². The highest BCUT2D eigenvalue weighted by Crippen LogP contribution is 2.26. The molecule has 158 valence electrons. The molecule has 11 heteroatoms. The van der Waals surface area contributed by atoms with Crippen LogP contribution < -0.4 is 4.74 Å². The maximum absolute atomic E-state index is 13.3. The van der Waals surface area contributed by atoms with Crippen molar-refractivity contribution >= 4 is 45.6 Å². The number of methoxy groups -OCH3 is 1. The lowest BCUT2D eigenvalue weighted by Gasteiger charge is -2.39. The summed E-state index contributed by atoms with van der Waals surface area (Å²) in [5.41, 5.74) is 1.60. The number of hydrogen-bond acceptors (Lipinski definition) is 5. The molecular formula is C19H21IN6O4. The fraction of sp³-hybridized carbons (Fsp3) is 0.368. The number of rotatable bonds is 4. The molecule has 1 aliphatic heterocycles. The molecule has 30 heavy (non-hydrogen) atoms. The van der Waals surface area contributed by atoms with Crippen LogP contribution in [-0.4, -0.2) is 73.2 Å². The van der Waals surface area contributed by atoms with Gasteiger partial charge in [-0.15, -0.1) is 0 Å². The Kier molecular flexibility index (Phi) is 5.54. The zero-order valence-electron chi connectivity index (χ0n) is 16.5. The number of ether oxygens (including phenoxy) is 1. The first kappa shape index (κ1) is 20.4. The zero-order chi connectivity index (χ0) is 21.4. The van der Waals surface area contributed by atoms with E-state index in [1.165, 1.54) is 4.90 Å². The third-order valence-corrected chi connectivity index (χ3v) is 5.84. The third-order valence-electron chi connectivity index (χ3n) is 5.29. The first-order valence-corrected chi connectivity index (χ1v) is 10.4. The number of amides is 2. The first-order valence-electron chi connectivity index (χ1n) is 9.36. The Hall–Kier alpha value is -2.83. The predicted molar refractivity (Wildman–Crippen MR) is 116 cm³/mol. The zero-order valence-corrected chi connectivity index (χ0v) is 18.7. The smallest absolute Gasteiger partial charge is 0.407 e. The lowest BCUT2D eigenvalue weighted by atomic mass is 10.1. The van der Waals surface area contributed by atoms with Crippen LogP contribution in [0, 0.1) is 10.6 Å². The summed E-state index contributed by atoms with van der Waals surface area (Å²) in [6.45, 7) is 2.67. The lowest BCUT2D eigenvalue weighted by Crippen LogP contribution is -2.53. The number of fused-ring (bicyclic) bond motifs is 1. The van der Waals surface area contributed by atoms with Gasteiger partial charge in [0.2, 0.25) is 5.91 Å². The van der Waals surface area contributed by atoms with Crippen LogP contribution in [-0.2, 0) is 11.3 Å². The normalized spacial score (nSPS) is 16.8. The molecule has 2 N–H and O–H groups in total. The van der Waals surface area contributed by atoms with Crippen LogP contribution in [0.4, 0.5) is 4.79 Å². The SMILES string of the molecule is COc1ccc2nc(C)n(CC(=O)N3CCN(C(=O)O)C[C@H]3c3ncc(I)[nH]3)c2c1. The molecule has 0 bridgehead atoms. The van der Waals surface area contributed by atoms with Gasteiger partial charge in [-0.05, 0) is 41.6 Å². The van der Waals surface area contributed by atoms with Crippen LogP contribution in [0.2, 0.25) is 0 Å². The molecule has 1 fully saturated rings. The van der Waals surface area contributed by atoms with Gasteiger partial charge in [-0.1, -0.05) is 0 Å². The summed E-state index contributed by atoms with van der Waals surface area (Å²) >= 11 is 2.10. The number of aromatic nitrogens is 4. The van der Waals surface area contributed by atoms with Crippen LogP contribution in [0.3, 0.4) is 0 Å². The number of H-pyrrole nitrogens is 1. The van der Waals surface area contributed by atoms with E-state index in [4.69, 9.17) is 4.74 Å². The average molecular weight is 524 g/mol. The summed E-state index contributed by atoms with van der Waals surface area (Å²) in [6, 6.07) is 5.08. The van der Waals surface area contributed by atoms with E-state index in [1.807, 2.05) is 29.7 Å². The van der Waals surface area contributed by atoms with Gasteiger partial charge in [0.05, 0.1) is 34.6 Å². The molecule has 1 saturated heterocycles. The molecule has 3 heterocycles. The molecule has 0 aliphatic carbocycles. The molecule has 0 radical (unpaired) electrons. The number of benzene rings is 1. The van der Waals surface area contributed by atoms with Crippen LogP contribution in [0.5, 0.6) is 5.75 Å². The van der Waals surface area contributed by atoms with Crippen molar-refractivity contribution in [3.63, 3.8) is 0 Å². The van der Waals surface area contributed by atoms with Gasteiger partial charge in [-0.3, -0.25) is 4.79 Å². The number of aromatic amines is 1. The van der Waals surface area contributed by atoms with E-state index >= 15 is 0 Å². The van der Waals surface area contributed by atoms with Crippen LogP contribution >= 0.6 is 22.6 Å². The second-order valence-electron chi connectivity index (χ2n) is 7.05. The van der Waals surface area contributed by atoms with Gasteiger partial charge >= 0.3 is 6.09 Å². The molecular weight excluding hydrogens is 503 g/mol. The molecule has 2 amide bonds. The summed E-state index contributed by atoms with van der Waals surface area (Å²) < 4.78 is 7.99. The minimum Gasteiger partial charge on any atom is -0.497 e. The van der Waals surface area contributed by atoms with Crippen molar-refractivity contribution in [2.75, 3.05) is 26.7 Å². The van der Waals surface area contributed by atoms with Gasteiger partial charge in [0.15, 0.2) is 0 Å². The first-order chi connectivity index (χ1) is 14.4. The van der Waals surface area contributed by atoms with Gasteiger partial charge in [0.25, 0.3) is 0 Å². The second-order valence-corrected chi connectivity index (χ2v) is 8.21. The Labute approximate surface area is 186 Å². The van der Waals surface area contributed by atoms with Crippen molar-refractivity contribution in [1.82, 2.24) is 29.3 Å². The van der Waals surface area contributed by atoms with Crippen molar-refractivity contribution in [3.8, 4) is 5.75 Å². The third kappa shape index (κ3) is 3.80. The minimum absolute atomic E-state index is 0.0941. The average Bonchev–Trinajstić information content (AvgIpc) is 3.30. The van der Waals surface area contributed by atoms with Crippen molar-refractivity contribution in [2.45, 2.75) is 19.5 Å². The Bertz CT molecular complexity index is 1110. The number of piperazine rings is 1. The molecule has 0 unspecified atom stereocenters. The highest BCUT2D eigenvalue weighted by atomic mass is 127. The van der Waals surface area contributed by atoms with E-state index in [1.54, 1.807) is 18.2 Å². The number of carbonyl (C=O) groups is 2. The van der Waals surface area contributed by atoms with Crippen LogP contribution in [0.25, 0.3) is 11.0 Å². The van der Waals surface area contributed by atoms with Gasteiger partial charge in [-0.25, -0.2) is 14.8 Å². The molecule has 3 aromatic rings. The van der Waals surface area contributed by atoms with Crippen molar-refractivity contribution in [2.24, 2.45) is 0 Å². The van der Waals surface area contributed by atoms with Crippen LogP contribution in [0.1, 0.15) is 17.7 Å². The number of nitrogens with zero attached hydrogens (tertiary/aromatic N) is 5. The summed E-state index contributed by atoms with van der Waals surface area (Å²) in [6.07, 6.45) is 0.662. The second kappa shape index (κ2) is 8.13. The molecule has 1 aromatic carbocycles. The van der Waals surface area contributed by atoms with Gasteiger partial charge in [-0.2, -0.15) is 0 Å². The van der Waals surface area contributed by atoms with E-state index < -0.39 is 12.1 Å². The minimum atomic E-state index is -1.00. The largest absolute Gasteiger partial charge is 0.497 e. The highest BCUT2D eigenvalue weighted by Gasteiger charge is 2.35. The van der Waals surface area contributed by atoms with Crippen LogP contribution in [0.15, 0.2) is 24.4 Å². The number of halogens is 1. The Morgan fingerprint density at radius 2 is 2.17 bits per heavy atom. The number of carbonyl (C=O) groups excluding carboxylic acids is 1. The maximum atomic E-state index is 13.3. The Balaban J connectivity index is 1.64. The van der Waals surface area contributed by atoms with E-state index in [-0.39, 0.29) is 25.5 Å². The topological polar surface area (TPSA) is 117 Å². The number of hydrogen-bond donors (Lipinski definition) is 2. The van der Waals surface area contributed by atoms with Crippen molar-refractivity contribution < 1.29 is 19.4 Å². The standard InChI is InChI=1S/C19H21IN6O4/c1-11-22-13-4-3-12(30-2)7-14(13)26(11)10-17(27)25-6-5-24(19(28)29)9-15(25)18-21-8-16(20)23-18/h3-4,7-8,15H,5-6,9-10H2,1-2H3,(H,21,23)(H,28,29)/t15-/m0/s1. The fourth-order valence-electron chi connectivity index (χ4n) is 3.75. The van der Waals surface area contributed by atoms with E-state index in [0.717, 1.165) is 20.6 Å². The van der Waals surface area contributed by atoms with Gasteiger partial charge in [0, 0.05) is 19.2 Å². The molecule has 0 saturated carbocycles. The summed E-state index contributed by atoms with van der Waals surface area (Å²) in [4.78, 5) is 39.8. The Morgan fingerprint density at radius 3 is 2.83 bits per heavy atom. The Morgan fingerprint density at radius 1 is 1.37 bits per heavy atom.